The van der Waals surface area contributed by atoms with Gasteiger partial charge >= 0.3 is 5.69 Å². The topological polar surface area (TPSA) is 62.1 Å². The summed E-state index contributed by atoms with van der Waals surface area (Å²) < 4.78 is 4.98. The van der Waals surface area contributed by atoms with Crippen LogP contribution in [0.3, 0.4) is 0 Å². The van der Waals surface area contributed by atoms with Crippen LogP contribution in [0.25, 0.3) is 0 Å². The van der Waals surface area contributed by atoms with Gasteiger partial charge in [0.2, 0.25) is 5.89 Å². The molecule has 0 saturated carbocycles. The number of H-pyrrole nitrogens is 1. The molecule has 0 atom stereocenters. The van der Waals surface area contributed by atoms with Crippen LogP contribution in [0.4, 0.5) is 0 Å². The van der Waals surface area contributed by atoms with Crippen LogP contribution in [0.5, 0.6) is 0 Å². The Balaban J connectivity index is 1.83. The van der Waals surface area contributed by atoms with E-state index in [9.17, 15) is 4.79 Å². The molecule has 0 unspecified atom stereocenters. The zero-order valence-electron chi connectivity index (χ0n) is 9.90. The highest BCUT2D eigenvalue weighted by Crippen LogP contribution is 2.21. The summed E-state index contributed by atoms with van der Waals surface area (Å²) in [5.74, 6) is 1.15. The lowest BCUT2D eigenvalue weighted by molar-refractivity contribution is 0.145. The number of hydrogen-bond donors (Lipinski definition) is 1. The molecule has 1 aromatic heterocycles. The first-order chi connectivity index (χ1) is 7.65. The van der Waals surface area contributed by atoms with Crippen molar-refractivity contribution in [2.45, 2.75) is 39.2 Å². The summed E-state index contributed by atoms with van der Waals surface area (Å²) in [6.45, 7) is 6.73. The lowest BCUT2D eigenvalue weighted by Gasteiger charge is -2.34. The molecule has 1 N–H and O–H groups in total. The molecule has 0 aliphatic carbocycles. The number of piperidine rings is 1. The molecule has 1 aromatic rings. The first-order valence-corrected chi connectivity index (χ1v) is 5.93. The van der Waals surface area contributed by atoms with Crippen LogP contribution in [0.15, 0.2) is 9.32 Å². The fourth-order valence-corrected chi connectivity index (χ4v) is 2.27. The van der Waals surface area contributed by atoms with Gasteiger partial charge in [-0.05, 0) is 45.7 Å². The van der Waals surface area contributed by atoms with Crippen LogP contribution >= 0.6 is 0 Å². The third-order valence-electron chi connectivity index (χ3n) is 3.33. The van der Waals surface area contributed by atoms with E-state index < -0.39 is 0 Å². The van der Waals surface area contributed by atoms with Crippen molar-refractivity contribution in [2.75, 3.05) is 13.1 Å². The predicted octanol–water partition coefficient (Wildman–Crippen LogP) is 1.03. The van der Waals surface area contributed by atoms with Gasteiger partial charge in [-0.15, -0.1) is 0 Å². The average Bonchev–Trinajstić information content (AvgIpc) is 2.65. The SMILES string of the molecule is CC(C)N1CCC(Cc2nc(=O)[nH]o2)CC1. The largest absolute Gasteiger partial charge is 0.377 e. The molecule has 5 heteroatoms. The highest BCUT2D eigenvalue weighted by Gasteiger charge is 2.22. The molecule has 2 rings (SSSR count). The molecule has 90 valence electrons. The van der Waals surface area contributed by atoms with Gasteiger partial charge in [0.05, 0.1) is 0 Å². The molecule has 1 fully saturated rings. The van der Waals surface area contributed by atoms with Crippen LogP contribution in [0, 0.1) is 5.92 Å². The number of rotatable bonds is 3. The molecular formula is C11H19N3O2. The zero-order valence-corrected chi connectivity index (χ0v) is 9.90. The smallest absolute Gasteiger partial charge is 0.362 e. The van der Waals surface area contributed by atoms with Crippen molar-refractivity contribution >= 4 is 0 Å². The van der Waals surface area contributed by atoms with Crippen molar-refractivity contribution in [1.29, 1.82) is 0 Å². The monoisotopic (exact) mass is 225 g/mol. The van der Waals surface area contributed by atoms with Gasteiger partial charge < -0.3 is 9.42 Å². The number of nitrogens with one attached hydrogen (secondary N) is 1. The summed E-state index contributed by atoms with van der Waals surface area (Å²) in [5, 5.41) is 2.23. The lowest BCUT2D eigenvalue weighted by Crippen LogP contribution is -2.38. The minimum atomic E-state index is -0.380. The van der Waals surface area contributed by atoms with Gasteiger partial charge in [0.25, 0.3) is 0 Å². The van der Waals surface area contributed by atoms with E-state index in [-0.39, 0.29) is 5.69 Å². The Morgan fingerprint density at radius 3 is 2.69 bits per heavy atom. The van der Waals surface area contributed by atoms with Crippen LogP contribution in [-0.4, -0.2) is 34.2 Å². The number of nitrogens with zero attached hydrogens (tertiary/aromatic N) is 2. The van der Waals surface area contributed by atoms with Gasteiger partial charge in [-0.25, -0.2) is 4.79 Å². The van der Waals surface area contributed by atoms with E-state index in [1.54, 1.807) is 0 Å². The number of aromatic amines is 1. The Morgan fingerprint density at radius 1 is 1.50 bits per heavy atom. The second-order valence-electron chi connectivity index (χ2n) is 4.79. The Labute approximate surface area is 94.8 Å². The molecule has 2 heterocycles. The van der Waals surface area contributed by atoms with Crippen molar-refractivity contribution in [1.82, 2.24) is 15.0 Å². The molecule has 16 heavy (non-hydrogen) atoms. The minimum absolute atomic E-state index is 0.380. The van der Waals surface area contributed by atoms with E-state index in [1.807, 2.05) is 0 Å². The third-order valence-corrected chi connectivity index (χ3v) is 3.33. The molecule has 0 bridgehead atoms. The quantitative estimate of drug-likeness (QED) is 0.834. The number of likely N-dealkylation sites (tertiary alicyclic amines) is 1. The van der Waals surface area contributed by atoms with Crippen LogP contribution < -0.4 is 5.69 Å². The van der Waals surface area contributed by atoms with Gasteiger partial charge in [0, 0.05) is 12.5 Å². The molecule has 0 amide bonds. The van der Waals surface area contributed by atoms with Crippen LogP contribution in [0.2, 0.25) is 0 Å². The fraction of sp³-hybridized carbons (Fsp3) is 0.818. The first-order valence-electron chi connectivity index (χ1n) is 5.93. The van der Waals surface area contributed by atoms with Crippen LogP contribution in [0.1, 0.15) is 32.6 Å². The summed E-state index contributed by atoms with van der Waals surface area (Å²) in [6, 6.07) is 0.629. The average molecular weight is 225 g/mol. The zero-order chi connectivity index (χ0) is 11.5. The van der Waals surface area contributed by atoms with Gasteiger partial charge in [-0.1, -0.05) is 0 Å². The van der Waals surface area contributed by atoms with Crippen molar-refractivity contribution in [3.05, 3.63) is 16.4 Å². The molecule has 5 nitrogen and oxygen atoms in total. The lowest BCUT2D eigenvalue weighted by atomic mass is 9.93. The number of aromatic nitrogens is 2. The normalized spacial score (nSPS) is 19.4. The molecule has 1 aliphatic heterocycles. The first kappa shape index (κ1) is 11.4. The maximum atomic E-state index is 10.8. The molecule has 0 aromatic carbocycles. The van der Waals surface area contributed by atoms with Crippen LogP contribution in [-0.2, 0) is 6.42 Å². The maximum Gasteiger partial charge on any atom is 0.377 e. The maximum absolute atomic E-state index is 10.8. The highest BCUT2D eigenvalue weighted by atomic mass is 16.5. The Bertz CT molecular complexity index is 375. The van der Waals surface area contributed by atoms with Crippen molar-refractivity contribution in [3.63, 3.8) is 0 Å². The predicted molar refractivity (Wildman–Crippen MR) is 60.3 cm³/mol. The highest BCUT2D eigenvalue weighted by molar-refractivity contribution is 4.83. The van der Waals surface area contributed by atoms with E-state index in [1.165, 1.54) is 0 Å². The second kappa shape index (κ2) is 4.82. The van der Waals surface area contributed by atoms with Gasteiger partial charge in [0.15, 0.2) is 0 Å². The number of hydrogen-bond acceptors (Lipinski definition) is 4. The van der Waals surface area contributed by atoms with Crippen molar-refractivity contribution < 1.29 is 4.52 Å². The molecular weight excluding hydrogens is 206 g/mol. The third kappa shape index (κ3) is 2.72. The van der Waals surface area contributed by atoms with E-state index in [4.69, 9.17) is 4.52 Å². The molecule has 1 aliphatic rings. The summed E-state index contributed by atoms with van der Waals surface area (Å²) in [7, 11) is 0. The summed E-state index contributed by atoms with van der Waals surface area (Å²) in [5.41, 5.74) is -0.380. The van der Waals surface area contributed by atoms with E-state index in [2.05, 4.69) is 28.9 Å². The second-order valence-corrected chi connectivity index (χ2v) is 4.79. The fourth-order valence-electron chi connectivity index (χ4n) is 2.27. The molecule has 0 radical (unpaired) electrons. The standard InChI is InChI=1S/C11H19N3O2/c1-8(2)14-5-3-9(4-6-14)7-10-12-11(15)13-16-10/h8-9H,3-7H2,1-2H3,(H,13,15). The summed E-state index contributed by atoms with van der Waals surface area (Å²) in [4.78, 5) is 17.1. The molecule has 1 saturated heterocycles. The van der Waals surface area contributed by atoms with E-state index in [0.29, 0.717) is 17.9 Å². The Morgan fingerprint density at radius 2 is 2.19 bits per heavy atom. The van der Waals surface area contributed by atoms with E-state index in [0.717, 1.165) is 32.4 Å². The van der Waals surface area contributed by atoms with Crippen molar-refractivity contribution in [3.8, 4) is 0 Å². The molecule has 0 spiro atoms. The minimum Gasteiger partial charge on any atom is -0.362 e. The van der Waals surface area contributed by atoms with Gasteiger partial charge in [-0.2, -0.15) is 10.1 Å². The van der Waals surface area contributed by atoms with E-state index >= 15 is 0 Å². The Kier molecular flexibility index (Phi) is 3.43. The van der Waals surface area contributed by atoms with Crippen molar-refractivity contribution in [2.24, 2.45) is 5.92 Å². The summed E-state index contributed by atoms with van der Waals surface area (Å²) in [6.07, 6.45) is 3.11. The summed E-state index contributed by atoms with van der Waals surface area (Å²) >= 11 is 0. The van der Waals surface area contributed by atoms with Gasteiger partial charge in [-0.3, -0.25) is 0 Å². The van der Waals surface area contributed by atoms with Gasteiger partial charge in [0.1, 0.15) is 0 Å². The Hall–Kier alpha value is -1.10.